The summed E-state index contributed by atoms with van der Waals surface area (Å²) in [4.78, 5) is 12.6. The van der Waals surface area contributed by atoms with E-state index >= 15 is 0 Å². The zero-order valence-electron chi connectivity index (χ0n) is 17.2. The number of benzene rings is 2. The molecule has 0 radical (unpaired) electrons. The normalized spacial score (nSPS) is 14.5. The van der Waals surface area contributed by atoms with Crippen molar-refractivity contribution in [3.63, 3.8) is 0 Å². The van der Waals surface area contributed by atoms with Gasteiger partial charge >= 0.3 is 5.97 Å². The van der Waals surface area contributed by atoms with Crippen molar-refractivity contribution in [1.29, 1.82) is 0 Å². The SMILES string of the molecule is CCCOc1ccccc1OC(=O)c1ccc(OC)c(S(=O)(=O)NC2CCCC2)c1. The first kappa shape index (κ1) is 22.1. The van der Waals surface area contributed by atoms with Gasteiger partial charge in [-0.3, -0.25) is 0 Å². The van der Waals surface area contributed by atoms with E-state index in [-0.39, 0.29) is 28.0 Å². The third-order valence-electron chi connectivity index (χ3n) is 4.88. The van der Waals surface area contributed by atoms with Crippen LogP contribution in [-0.2, 0) is 10.0 Å². The summed E-state index contributed by atoms with van der Waals surface area (Å²) < 4.78 is 44.8. The second kappa shape index (κ2) is 9.95. The molecule has 0 unspecified atom stereocenters. The first-order valence-electron chi connectivity index (χ1n) is 10.1. The smallest absolute Gasteiger partial charge is 0.343 e. The molecule has 2 aromatic carbocycles. The highest BCUT2D eigenvalue weighted by atomic mass is 32.2. The van der Waals surface area contributed by atoms with E-state index in [0.29, 0.717) is 12.4 Å². The Kier molecular flexibility index (Phi) is 7.33. The molecule has 0 aliphatic heterocycles. The van der Waals surface area contributed by atoms with Crippen molar-refractivity contribution in [2.45, 2.75) is 50.0 Å². The van der Waals surface area contributed by atoms with Gasteiger partial charge in [0.2, 0.25) is 10.0 Å². The summed E-state index contributed by atoms with van der Waals surface area (Å²) in [5, 5.41) is 0. The van der Waals surface area contributed by atoms with Crippen LogP contribution >= 0.6 is 0 Å². The Bertz CT molecular complexity index is 983. The van der Waals surface area contributed by atoms with Crippen LogP contribution in [0.5, 0.6) is 17.2 Å². The summed E-state index contributed by atoms with van der Waals surface area (Å²) >= 11 is 0. The fraction of sp³-hybridized carbons (Fsp3) is 0.409. The van der Waals surface area contributed by atoms with Crippen LogP contribution in [0.1, 0.15) is 49.4 Å². The Morgan fingerprint density at radius 2 is 1.77 bits per heavy atom. The van der Waals surface area contributed by atoms with Gasteiger partial charge in [0.15, 0.2) is 11.5 Å². The maximum Gasteiger partial charge on any atom is 0.343 e. The average Bonchev–Trinajstić information content (AvgIpc) is 3.25. The van der Waals surface area contributed by atoms with Crippen molar-refractivity contribution < 1.29 is 27.4 Å². The van der Waals surface area contributed by atoms with Gasteiger partial charge in [-0.15, -0.1) is 0 Å². The van der Waals surface area contributed by atoms with E-state index in [0.717, 1.165) is 32.1 Å². The van der Waals surface area contributed by atoms with Crippen molar-refractivity contribution >= 4 is 16.0 Å². The third kappa shape index (κ3) is 5.31. The van der Waals surface area contributed by atoms with E-state index in [1.54, 1.807) is 24.3 Å². The van der Waals surface area contributed by atoms with Gasteiger partial charge in [0, 0.05) is 6.04 Å². The molecular formula is C22H27NO6S. The molecule has 0 heterocycles. The number of nitrogens with one attached hydrogen (secondary N) is 1. The molecule has 1 N–H and O–H groups in total. The van der Waals surface area contributed by atoms with Gasteiger partial charge in [-0.1, -0.05) is 31.9 Å². The standard InChI is InChI=1S/C22H27NO6S/c1-3-14-28-18-10-6-7-11-19(18)29-22(24)16-12-13-20(27-2)21(15-16)30(25,26)23-17-8-4-5-9-17/h6-7,10-13,15,17,23H,3-5,8-9,14H2,1-2H3. The van der Waals surface area contributed by atoms with Gasteiger partial charge in [-0.25, -0.2) is 17.9 Å². The molecule has 0 aromatic heterocycles. The summed E-state index contributed by atoms with van der Waals surface area (Å²) in [6, 6.07) is 11.0. The second-order valence-corrected chi connectivity index (χ2v) is 8.84. The number of carbonyl (C=O) groups excluding carboxylic acids is 1. The molecule has 8 heteroatoms. The number of hydrogen-bond acceptors (Lipinski definition) is 6. The molecule has 7 nitrogen and oxygen atoms in total. The van der Waals surface area contributed by atoms with Crippen molar-refractivity contribution in [2.24, 2.45) is 0 Å². The van der Waals surface area contributed by atoms with Crippen LogP contribution in [0.25, 0.3) is 0 Å². The molecule has 1 fully saturated rings. The Labute approximate surface area is 177 Å². The molecule has 3 rings (SSSR count). The largest absolute Gasteiger partial charge is 0.495 e. The lowest BCUT2D eigenvalue weighted by molar-refractivity contribution is 0.0728. The minimum absolute atomic E-state index is 0.0816. The van der Waals surface area contributed by atoms with Gasteiger partial charge in [-0.05, 0) is 49.6 Å². The number of para-hydroxylation sites is 2. The summed E-state index contributed by atoms with van der Waals surface area (Å²) in [6.45, 7) is 2.47. The van der Waals surface area contributed by atoms with Crippen molar-refractivity contribution in [3.8, 4) is 17.2 Å². The van der Waals surface area contributed by atoms with Crippen molar-refractivity contribution in [1.82, 2.24) is 4.72 Å². The molecule has 0 bridgehead atoms. The van der Waals surface area contributed by atoms with Crippen LogP contribution in [0.2, 0.25) is 0 Å². The fourth-order valence-electron chi connectivity index (χ4n) is 3.36. The van der Waals surface area contributed by atoms with Gasteiger partial charge in [0.1, 0.15) is 10.6 Å². The number of rotatable bonds is 9. The molecule has 0 amide bonds. The van der Waals surface area contributed by atoms with Gasteiger partial charge in [-0.2, -0.15) is 0 Å². The molecule has 0 spiro atoms. The van der Waals surface area contributed by atoms with E-state index in [4.69, 9.17) is 14.2 Å². The van der Waals surface area contributed by atoms with Crippen LogP contribution in [0, 0.1) is 0 Å². The minimum Gasteiger partial charge on any atom is -0.495 e. The summed E-state index contributed by atoms with van der Waals surface area (Å²) in [7, 11) is -2.45. The lowest BCUT2D eigenvalue weighted by Crippen LogP contribution is -2.33. The van der Waals surface area contributed by atoms with Gasteiger partial charge in [0.25, 0.3) is 0 Å². The summed E-state index contributed by atoms with van der Waals surface area (Å²) in [5.74, 6) is 0.225. The molecule has 0 atom stereocenters. The predicted molar refractivity (Wildman–Crippen MR) is 113 cm³/mol. The number of esters is 1. The number of hydrogen-bond donors (Lipinski definition) is 1. The van der Waals surface area contributed by atoms with E-state index in [1.807, 2.05) is 6.92 Å². The summed E-state index contributed by atoms with van der Waals surface area (Å²) in [6.07, 6.45) is 4.41. The van der Waals surface area contributed by atoms with Crippen LogP contribution < -0.4 is 18.9 Å². The molecule has 1 saturated carbocycles. The Morgan fingerprint density at radius 3 is 2.43 bits per heavy atom. The quantitative estimate of drug-likeness (QED) is 0.476. The highest BCUT2D eigenvalue weighted by Gasteiger charge is 2.27. The number of sulfonamides is 1. The minimum atomic E-state index is -3.84. The first-order valence-corrected chi connectivity index (χ1v) is 11.6. The summed E-state index contributed by atoms with van der Waals surface area (Å²) in [5.41, 5.74) is 0.105. The number of methoxy groups -OCH3 is 1. The molecule has 1 aliphatic rings. The lowest BCUT2D eigenvalue weighted by Gasteiger charge is -2.16. The molecule has 2 aromatic rings. The Morgan fingerprint density at radius 1 is 1.07 bits per heavy atom. The maximum absolute atomic E-state index is 12.9. The van der Waals surface area contributed by atoms with E-state index < -0.39 is 16.0 Å². The van der Waals surface area contributed by atoms with Crippen molar-refractivity contribution in [2.75, 3.05) is 13.7 Å². The van der Waals surface area contributed by atoms with Crippen LogP contribution in [-0.4, -0.2) is 34.1 Å². The lowest BCUT2D eigenvalue weighted by atomic mass is 10.2. The van der Waals surface area contributed by atoms with Crippen molar-refractivity contribution in [3.05, 3.63) is 48.0 Å². The maximum atomic E-state index is 12.9. The van der Waals surface area contributed by atoms with E-state index in [9.17, 15) is 13.2 Å². The van der Waals surface area contributed by atoms with Crippen LogP contribution in [0.3, 0.4) is 0 Å². The van der Waals surface area contributed by atoms with Gasteiger partial charge in [0.05, 0.1) is 19.3 Å². The van der Waals surface area contributed by atoms with E-state index in [2.05, 4.69) is 4.72 Å². The van der Waals surface area contributed by atoms with Crippen LogP contribution in [0.4, 0.5) is 0 Å². The molecule has 30 heavy (non-hydrogen) atoms. The zero-order chi connectivity index (χ0) is 21.6. The van der Waals surface area contributed by atoms with E-state index in [1.165, 1.54) is 25.3 Å². The first-order chi connectivity index (χ1) is 14.4. The number of ether oxygens (including phenoxy) is 3. The molecule has 1 aliphatic carbocycles. The van der Waals surface area contributed by atoms with Gasteiger partial charge < -0.3 is 14.2 Å². The molecule has 0 saturated heterocycles. The average molecular weight is 434 g/mol. The fourth-order valence-corrected chi connectivity index (χ4v) is 4.86. The molecular weight excluding hydrogens is 406 g/mol. The Balaban J connectivity index is 1.85. The predicted octanol–water partition coefficient (Wildman–Crippen LogP) is 3.92. The monoisotopic (exact) mass is 433 g/mol. The third-order valence-corrected chi connectivity index (χ3v) is 6.42. The second-order valence-electron chi connectivity index (χ2n) is 7.15. The zero-order valence-corrected chi connectivity index (χ0v) is 18.0. The van der Waals surface area contributed by atoms with Crippen LogP contribution in [0.15, 0.2) is 47.4 Å². The topological polar surface area (TPSA) is 90.9 Å². The number of carbonyl (C=O) groups is 1. The highest BCUT2D eigenvalue weighted by molar-refractivity contribution is 7.89. The Hall–Kier alpha value is -2.58. The molecule has 162 valence electrons. The highest BCUT2D eigenvalue weighted by Crippen LogP contribution is 2.30.